The molecule has 0 amide bonds. The van der Waals surface area contributed by atoms with Gasteiger partial charge in [-0.25, -0.2) is 0 Å². The van der Waals surface area contributed by atoms with Crippen LogP contribution in [0.1, 0.15) is 74.7 Å². The third kappa shape index (κ3) is 3.47. The van der Waals surface area contributed by atoms with Crippen molar-refractivity contribution in [3.05, 3.63) is 23.3 Å². The first-order valence-electron chi connectivity index (χ1n) is 13.4. The summed E-state index contributed by atoms with van der Waals surface area (Å²) in [5, 5.41) is 34.4. The lowest BCUT2D eigenvalue weighted by molar-refractivity contribution is -0.208. The van der Waals surface area contributed by atoms with Crippen LogP contribution in [-0.4, -0.2) is 63.1 Å². The highest BCUT2D eigenvalue weighted by Gasteiger charge is 2.83. The lowest BCUT2D eigenvalue weighted by Crippen LogP contribution is -2.66. The van der Waals surface area contributed by atoms with Gasteiger partial charge >= 0.3 is 11.9 Å². The lowest BCUT2D eigenvalue weighted by atomic mass is 9.59. The summed E-state index contributed by atoms with van der Waals surface area (Å²) in [4.78, 5) is 40.3. The number of rotatable bonds is 5. The highest BCUT2D eigenvalue weighted by molar-refractivity contribution is 5.96. The number of ketones is 1. The highest BCUT2D eigenvalue weighted by atomic mass is 16.6. The Bertz CT molecular complexity index is 1080. The summed E-state index contributed by atoms with van der Waals surface area (Å²) in [7, 11) is 0. The SMILES string of the molecule is CCCC(=O)O[C@@]12C[C@@H](C)[C@]34C=C(C)[C@H](OC(=O)C(C)(C)C)[C@@]3(O)[C@H](O)C(CO)=C[C@H](C4=O)[C@@H]1C2(C)C. The van der Waals surface area contributed by atoms with Crippen molar-refractivity contribution in [1.29, 1.82) is 0 Å². The van der Waals surface area contributed by atoms with Crippen molar-refractivity contribution in [3.8, 4) is 0 Å². The van der Waals surface area contributed by atoms with Gasteiger partial charge in [-0.15, -0.1) is 0 Å². The first kappa shape index (κ1) is 28.0. The molecule has 1 spiro atoms. The molecule has 2 bridgehead atoms. The number of aliphatic hydroxyl groups is 3. The Morgan fingerprint density at radius 3 is 2.38 bits per heavy atom. The average molecular weight is 519 g/mol. The topological polar surface area (TPSA) is 130 Å². The van der Waals surface area contributed by atoms with Crippen molar-refractivity contribution in [1.82, 2.24) is 0 Å². The molecule has 8 heteroatoms. The minimum Gasteiger partial charge on any atom is -0.458 e. The third-order valence-corrected chi connectivity index (χ3v) is 9.61. The second kappa shape index (κ2) is 8.48. The van der Waals surface area contributed by atoms with Crippen LogP contribution < -0.4 is 0 Å². The third-order valence-electron chi connectivity index (χ3n) is 9.61. The van der Waals surface area contributed by atoms with Crippen LogP contribution in [0.3, 0.4) is 0 Å². The molecule has 4 aliphatic carbocycles. The molecule has 2 fully saturated rings. The Labute approximate surface area is 219 Å². The maximum atomic E-state index is 14.6. The quantitative estimate of drug-likeness (QED) is 0.374. The van der Waals surface area contributed by atoms with Crippen LogP contribution in [-0.2, 0) is 23.9 Å². The summed E-state index contributed by atoms with van der Waals surface area (Å²) in [5.41, 5.74) is -5.67. The van der Waals surface area contributed by atoms with Gasteiger partial charge in [-0.2, -0.15) is 0 Å². The van der Waals surface area contributed by atoms with Crippen molar-refractivity contribution < 1.29 is 39.2 Å². The van der Waals surface area contributed by atoms with Crippen LogP contribution in [0.15, 0.2) is 23.3 Å². The minimum atomic E-state index is -2.24. The van der Waals surface area contributed by atoms with Gasteiger partial charge in [0.05, 0.1) is 17.4 Å². The number of aliphatic hydroxyl groups excluding tert-OH is 2. The normalized spacial score (nSPS) is 41.9. The Hall–Kier alpha value is -2.03. The van der Waals surface area contributed by atoms with Crippen LogP contribution >= 0.6 is 0 Å². The van der Waals surface area contributed by atoms with E-state index in [9.17, 15) is 29.7 Å². The first-order valence-corrected chi connectivity index (χ1v) is 13.4. The van der Waals surface area contributed by atoms with Gasteiger partial charge in [0.25, 0.3) is 0 Å². The first-order chi connectivity index (χ1) is 17.0. The number of hydrogen-bond donors (Lipinski definition) is 3. The molecule has 8 nitrogen and oxygen atoms in total. The molecule has 3 N–H and O–H groups in total. The van der Waals surface area contributed by atoms with E-state index in [1.54, 1.807) is 39.8 Å². The number of hydrogen-bond acceptors (Lipinski definition) is 8. The van der Waals surface area contributed by atoms with E-state index in [4.69, 9.17) is 9.47 Å². The van der Waals surface area contributed by atoms with Gasteiger partial charge in [0.2, 0.25) is 0 Å². The molecule has 0 unspecified atom stereocenters. The number of allylic oxidation sites excluding steroid dienone is 1. The van der Waals surface area contributed by atoms with E-state index in [1.807, 2.05) is 27.7 Å². The van der Waals surface area contributed by atoms with E-state index in [-0.39, 0.29) is 23.7 Å². The molecule has 4 rings (SSSR count). The molecule has 0 radical (unpaired) electrons. The molecule has 0 aromatic heterocycles. The number of Topliss-reactive ketones (excluding diaryl/α,β-unsaturated/α-hetero) is 1. The fraction of sp³-hybridized carbons (Fsp3) is 0.759. The monoisotopic (exact) mass is 518 g/mol. The molecule has 0 aliphatic heterocycles. The molecule has 206 valence electrons. The second-order valence-electron chi connectivity index (χ2n) is 13.2. The maximum absolute atomic E-state index is 14.6. The van der Waals surface area contributed by atoms with Crippen LogP contribution in [0.25, 0.3) is 0 Å². The van der Waals surface area contributed by atoms with E-state index < -0.39 is 70.0 Å². The number of carbonyl (C=O) groups is 3. The largest absolute Gasteiger partial charge is 0.458 e. The summed E-state index contributed by atoms with van der Waals surface area (Å²) in [6.45, 7) is 13.8. The van der Waals surface area contributed by atoms with Gasteiger partial charge < -0.3 is 24.8 Å². The summed E-state index contributed by atoms with van der Waals surface area (Å²) < 4.78 is 12.0. The molecular weight excluding hydrogens is 476 g/mol. The highest BCUT2D eigenvalue weighted by Crippen LogP contribution is 2.75. The van der Waals surface area contributed by atoms with Gasteiger partial charge in [-0.05, 0) is 57.6 Å². The number of carbonyl (C=O) groups excluding carboxylic acids is 3. The Morgan fingerprint density at radius 2 is 1.84 bits per heavy atom. The smallest absolute Gasteiger partial charge is 0.311 e. The summed E-state index contributed by atoms with van der Waals surface area (Å²) in [6, 6.07) is 0. The standard InChI is InChI=1S/C29H42O8/c1-9-10-19(31)37-28-13-16(3)27-12-15(2)23(36-24(34)25(4,5)6)29(27,35)21(32)17(14-30)11-18(22(27)33)20(28)26(28,7)8/h11-12,16,18,20-21,23,30,32,35H,9-10,13-14H2,1-8H3/t16-,18+,20-,21-,23+,27+,28+,29+/m1/s1. The van der Waals surface area contributed by atoms with Crippen molar-refractivity contribution in [3.63, 3.8) is 0 Å². The van der Waals surface area contributed by atoms with Gasteiger partial charge in [0.15, 0.2) is 17.5 Å². The summed E-state index contributed by atoms with van der Waals surface area (Å²) >= 11 is 0. The van der Waals surface area contributed by atoms with E-state index in [0.29, 0.717) is 18.4 Å². The molecular formula is C29H42O8. The van der Waals surface area contributed by atoms with Crippen molar-refractivity contribution in [2.75, 3.05) is 6.61 Å². The Balaban J connectivity index is 1.91. The number of ether oxygens (including phenoxy) is 2. The van der Waals surface area contributed by atoms with E-state index in [0.717, 1.165) is 0 Å². The van der Waals surface area contributed by atoms with Gasteiger partial charge in [0, 0.05) is 23.7 Å². The Kier molecular flexibility index (Phi) is 6.42. The van der Waals surface area contributed by atoms with Gasteiger partial charge in [0.1, 0.15) is 11.7 Å². The van der Waals surface area contributed by atoms with Gasteiger partial charge in [-0.1, -0.05) is 39.8 Å². The Morgan fingerprint density at radius 1 is 1.22 bits per heavy atom. The molecule has 0 aromatic carbocycles. The molecule has 37 heavy (non-hydrogen) atoms. The zero-order valence-corrected chi connectivity index (χ0v) is 23.3. The molecule has 8 atom stereocenters. The second-order valence-corrected chi connectivity index (χ2v) is 13.2. The van der Waals surface area contributed by atoms with Crippen molar-refractivity contribution in [2.45, 2.75) is 98.1 Å². The lowest BCUT2D eigenvalue weighted by Gasteiger charge is -2.49. The van der Waals surface area contributed by atoms with Crippen LogP contribution in [0.4, 0.5) is 0 Å². The van der Waals surface area contributed by atoms with E-state index >= 15 is 0 Å². The van der Waals surface area contributed by atoms with Crippen LogP contribution in [0.2, 0.25) is 0 Å². The number of esters is 2. The number of fused-ring (bicyclic) bond motifs is 3. The zero-order chi connectivity index (χ0) is 27.9. The van der Waals surface area contributed by atoms with Gasteiger partial charge in [-0.3, -0.25) is 14.4 Å². The predicted molar refractivity (Wildman–Crippen MR) is 135 cm³/mol. The predicted octanol–water partition coefficient (Wildman–Crippen LogP) is 2.88. The maximum Gasteiger partial charge on any atom is 0.311 e. The summed E-state index contributed by atoms with van der Waals surface area (Å²) in [5.74, 6) is -3.02. The van der Waals surface area contributed by atoms with Crippen molar-refractivity contribution >= 4 is 17.7 Å². The molecule has 4 aliphatic rings. The summed E-state index contributed by atoms with van der Waals surface area (Å²) in [6.07, 6.45) is 1.44. The fourth-order valence-corrected chi connectivity index (χ4v) is 7.64. The zero-order valence-electron chi connectivity index (χ0n) is 23.3. The molecule has 2 saturated carbocycles. The molecule has 0 aromatic rings. The van der Waals surface area contributed by atoms with E-state index in [2.05, 4.69) is 0 Å². The average Bonchev–Trinajstić information content (AvgIpc) is 3.18. The molecule has 0 heterocycles. The molecule has 0 saturated heterocycles. The minimum absolute atomic E-state index is 0.0909. The van der Waals surface area contributed by atoms with Crippen LogP contribution in [0, 0.1) is 34.0 Å². The van der Waals surface area contributed by atoms with Crippen molar-refractivity contribution in [2.24, 2.45) is 34.0 Å². The fourth-order valence-electron chi connectivity index (χ4n) is 7.64. The van der Waals surface area contributed by atoms with E-state index in [1.165, 1.54) is 0 Å². The van der Waals surface area contributed by atoms with Crippen LogP contribution in [0.5, 0.6) is 0 Å².